The van der Waals surface area contributed by atoms with Crippen LogP contribution in [0.4, 0.5) is 4.39 Å². The lowest BCUT2D eigenvalue weighted by Gasteiger charge is -2.15. The van der Waals surface area contributed by atoms with Crippen LogP contribution in [0.25, 0.3) is 0 Å². The summed E-state index contributed by atoms with van der Waals surface area (Å²) >= 11 is 0. The van der Waals surface area contributed by atoms with Crippen LogP contribution in [0.5, 0.6) is 5.75 Å². The van der Waals surface area contributed by atoms with Crippen molar-refractivity contribution in [3.8, 4) is 5.75 Å². The van der Waals surface area contributed by atoms with Crippen molar-refractivity contribution in [2.75, 3.05) is 13.3 Å². The Morgan fingerprint density at radius 2 is 2.19 bits per heavy atom. The normalized spacial score (nSPS) is 14.7. The minimum Gasteiger partial charge on any atom is -0.493 e. The summed E-state index contributed by atoms with van der Waals surface area (Å²) in [6.07, 6.45) is 2.92. The molecular formula is C13H15FO2. The quantitative estimate of drug-likeness (QED) is 0.732. The number of hydrogen-bond acceptors (Lipinski definition) is 2. The molecule has 0 heterocycles. The maximum atomic E-state index is 11.9. The minimum atomic E-state index is -0.371. The van der Waals surface area contributed by atoms with Crippen LogP contribution in [0, 0.1) is 0 Å². The fourth-order valence-corrected chi connectivity index (χ4v) is 1.94. The van der Waals surface area contributed by atoms with Crippen LogP contribution >= 0.6 is 0 Å². The lowest BCUT2D eigenvalue weighted by atomic mass is 9.90. The zero-order valence-corrected chi connectivity index (χ0v) is 9.17. The molecule has 0 amide bonds. The van der Waals surface area contributed by atoms with Crippen molar-refractivity contribution >= 4 is 5.78 Å². The molecule has 0 saturated heterocycles. The number of rotatable bonds is 4. The van der Waals surface area contributed by atoms with Crippen molar-refractivity contribution in [3.63, 3.8) is 0 Å². The third kappa shape index (κ3) is 2.40. The Kier molecular flexibility index (Phi) is 3.54. The average Bonchev–Trinajstić information content (AvgIpc) is 2.30. The molecule has 16 heavy (non-hydrogen) atoms. The summed E-state index contributed by atoms with van der Waals surface area (Å²) in [4.78, 5) is 11.7. The zero-order chi connectivity index (χ0) is 11.4. The third-order valence-electron chi connectivity index (χ3n) is 2.78. The summed E-state index contributed by atoms with van der Waals surface area (Å²) in [5.74, 6) is 0.861. The number of ether oxygens (including phenoxy) is 1. The van der Waals surface area contributed by atoms with Crippen LogP contribution in [0.3, 0.4) is 0 Å². The molecule has 0 unspecified atom stereocenters. The van der Waals surface area contributed by atoms with Gasteiger partial charge in [0.1, 0.15) is 5.75 Å². The highest BCUT2D eigenvalue weighted by Gasteiger charge is 2.17. The first-order valence-electron chi connectivity index (χ1n) is 5.66. The van der Waals surface area contributed by atoms with Gasteiger partial charge in [-0.05, 0) is 30.5 Å². The molecule has 0 atom stereocenters. The summed E-state index contributed by atoms with van der Waals surface area (Å²) in [5.41, 5.74) is 1.89. The molecule has 0 N–H and O–H groups in total. The number of carbonyl (C=O) groups excluding carboxylic acids is 1. The average molecular weight is 222 g/mol. The molecule has 0 spiro atoms. The molecule has 0 bridgehead atoms. The van der Waals surface area contributed by atoms with Gasteiger partial charge in [0.15, 0.2) is 5.78 Å². The molecule has 1 aromatic rings. The van der Waals surface area contributed by atoms with Crippen molar-refractivity contribution in [1.29, 1.82) is 0 Å². The number of hydrogen-bond donors (Lipinski definition) is 0. The van der Waals surface area contributed by atoms with Crippen molar-refractivity contribution in [1.82, 2.24) is 0 Å². The molecule has 1 aromatic carbocycles. The van der Waals surface area contributed by atoms with Crippen LogP contribution < -0.4 is 4.74 Å². The lowest BCUT2D eigenvalue weighted by Crippen LogP contribution is -2.11. The van der Waals surface area contributed by atoms with E-state index in [0.717, 1.165) is 24.0 Å². The van der Waals surface area contributed by atoms with Gasteiger partial charge in [0, 0.05) is 18.4 Å². The maximum absolute atomic E-state index is 11.9. The molecule has 0 aliphatic heterocycles. The highest BCUT2D eigenvalue weighted by atomic mass is 19.1. The maximum Gasteiger partial charge on any atom is 0.163 e. The molecule has 0 aromatic heterocycles. The Morgan fingerprint density at radius 1 is 1.31 bits per heavy atom. The van der Waals surface area contributed by atoms with Crippen LogP contribution in [0.1, 0.15) is 35.2 Å². The van der Waals surface area contributed by atoms with E-state index < -0.39 is 0 Å². The van der Waals surface area contributed by atoms with Crippen molar-refractivity contribution in [2.45, 2.75) is 25.7 Å². The van der Waals surface area contributed by atoms with Gasteiger partial charge in [-0.1, -0.05) is 6.07 Å². The zero-order valence-electron chi connectivity index (χ0n) is 9.17. The molecule has 0 saturated carbocycles. The van der Waals surface area contributed by atoms with Crippen molar-refractivity contribution in [2.24, 2.45) is 0 Å². The number of Topliss-reactive ketones (excluding diaryl/α,β-unsaturated/α-hetero) is 1. The van der Waals surface area contributed by atoms with Gasteiger partial charge in [0.2, 0.25) is 0 Å². The van der Waals surface area contributed by atoms with E-state index in [9.17, 15) is 9.18 Å². The van der Waals surface area contributed by atoms with E-state index in [2.05, 4.69) is 0 Å². The van der Waals surface area contributed by atoms with Gasteiger partial charge in [-0.15, -0.1) is 0 Å². The second-order valence-corrected chi connectivity index (χ2v) is 3.99. The monoisotopic (exact) mass is 222 g/mol. The Labute approximate surface area is 94.4 Å². The molecule has 2 nitrogen and oxygen atoms in total. The molecule has 0 fully saturated rings. The molecule has 2 rings (SSSR count). The number of alkyl halides is 1. The van der Waals surface area contributed by atoms with Crippen LogP contribution in [0.2, 0.25) is 0 Å². The molecule has 1 aliphatic rings. The first-order valence-corrected chi connectivity index (χ1v) is 5.66. The van der Waals surface area contributed by atoms with Crippen LogP contribution in [-0.4, -0.2) is 19.1 Å². The fourth-order valence-electron chi connectivity index (χ4n) is 1.94. The fraction of sp³-hybridized carbons (Fsp3) is 0.462. The summed E-state index contributed by atoms with van der Waals surface area (Å²) in [5, 5.41) is 0. The van der Waals surface area contributed by atoms with Gasteiger partial charge >= 0.3 is 0 Å². The van der Waals surface area contributed by atoms with E-state index in [4.69, 9.17) is 4.74 Å². The number of carbonyl (C=O) groups is 1. The van der Waals surface area contributed by atoms with E-state index in [1.807, 2.05) is 12.1 Å². The summed E-state index contributed by atoms with van der Waals surface area (Å²) < 4.78 is 17.3. The van der Waals surface area contributed by atoms with Gasteiger partial charge in [-0.3, -0.25) is 9.18 Å². The number of ketones is 1. The Morgan fingerprint density at radius 3 is 3.00 bits per heavy atom. The molecule has 1 aliphatic carbocycles. The second-order valence-electron chi connectivity index (χ2n) is 3.99. The Balaban J connectivity index is 2.11. The third-order valence-corrected chi connectivity index (χ3v) is 2.78. The number of benzene rings is 1. The Bertz CT molecular complexity index is 388. The Hall–Kier alpha value is -1.38. The standard InChI is InChI=1S/C13H15FO2/c14-7-2-8-16-11-6-5-10-3-1-4-13(15)12(10)9-11/h5-6,9H,1-4,7-8H2. The summed E-state index contributed by atoms with van der Waals surface area (Å²) in [6.45, 7) is -0.00660. The lowest BCUT2D eigenvalue weighted by molar-refractivity contribution is 0.0972. The van der Waals surface area contributed by atoms with Gasteiger partial charge < -0.3 is 4.74 Å². The molecular weight excluding hydrogens is 207 g/mol. The summed E-state index contributed by atoms with van der Waals surface area (Å²) in [7, 11) is 0. The highest BCUT2D eigenvalue weighted by Crippen LogP contribution is 2.25. The van der Waals surface area contributed by atoms with Gasteiger partial charge in [0.25, 0.3) is 0 Å². The SMILES string of the molecule is O=C1CCCc2ccc(OCCCF)cc21. The van der Waals surface area contributed by atoms with Gasteiger partial charge in [-0.2, -0.15) is 0 Å². The van der Waals surface area contributed by atoms with Crippen LogP contribution in [0.15, 0.2) is 18.2 Å². The predicted octanol–water partition coefficient (Wildman–Crippen LogP) is 2.94. The molecule has 3 heteroatoms. The van der Waals surface area contributed by atoms with Crippen molar-refractivity contribution in [3.05, 3.63) is 29.3 Å². The molecule has 0 radical (unpaired) electrons. The number of aryl methyl sites for hydroxylation is 1. The van der Waals surface area contributed by atoms with E-state index in [-0.39, 0.29) is 12.5 Å². The summed E-state index contributed by atoms with van der Waals surface area (Å²) in [6, 6.07) is 5.59. The first kappa shape index (κ1) is 11.1. The predicted molar refractivity (Wildman–Crippen MR) is 59.8 cm³/mol. The number of halogens is 1. The van der Waals surface area contributed by atoms with E-state index in [1.165, 1.54) is 0 Å². The van der Waals surface area contributed by atoms with Crippen molar-refractivity contribution < 1.29 is 13.9 Å². The van der Waals surface area contributed by atoms with Gasteiger partial charge in [0.05, 0.1) is 13.3 Å². The minimum absolute atomic E-state index is 0.192. The van der Waals surface area contributed by atoms with E-state index >= 15 is 0 Å². The topological polar surface area (TPSA) is 26.3 Å². The van der Waals surface area contributed by atoms with Crippen LogP contribution in [-0.2, 0) is 6.42 Å². The smallest absolute Gasteiger partial charge is 0.163 e. The highest BCUT2D eigenvalue weighted by molar-refractivity contribution is 5.98. The largest absolute Gasteiger partial charge is 0.493 e. The second kappa shape index (κ2) is 5.10. The van der Waals surface area contributed by atoms with Gasteiger partial charge in [-0.25, -0.2) is 0 Å². The van der Waals surface area contributed by atoms with E-state index in [1.54, 1.807) is 6.07 Å². The number of fused-ring (bicyclic) bond motifs is 1. The van der Waals surface area contributed by atoms with E-state index in [0.29, 0.717) is 25.2 Å². The molecule has 86 valence electrons. The first-order chi connectivity index (χ1) is 7.81.